The van der Waals surface area contributed by atoms with Crippen molar-refractivity contribution in [3.05, 3.63) is 0 Å². The summed E-state index contributed by atoms with van der Waals surface area (Å²) in [6.45, 7) is 0. The van der Waals surface area contributed by atoms with Crippen LogP contribution in [0.4, 0.5) is 0 Å². The van der Waals surface area contributed by atoms with E-state index in [-0.39, 0.29) is 11.7 Å². The van der Waals surface area contributed by atoms with Crippen molar-refractivity contribution in [3.63, 3.8) is 0 Å². The summed E-state index contributed by atoms with van der Waals surface area (Å²) in [6.07, 6.45) is 0. The molecular weight excluding hydrogens is 128 g/mol. The average Bonchev–Trinajstić information content (AvgIpc) is 1.85. The first-order valence-corrected chi connectivity index (χ1v) is 3.46. The summed E-state index contributed by atoms with van der Waals surface area (Å²) in [5.41, 5.74) is 5.16. The number of hydrogen-bond donors (Lipinski definition) is 2. The quantitative estimate of drug-likeness (QED) is 0.407. The zero-order chi connectivity index (χ0) is 6.15. The monoisotopic (exact) mass is 134 g/mol. The molecule has 1 saturated heterocycles. The van der Waals surface area contributed by atoms with Crippen LogP contribution in [0.3, 0.4) is 0 Å². The van der Waals surface area contributed by atoms with Crippen molar-refractivity contribution >= 4 is 16.9 Å². The topological polar surface area (TPSA) is 72.2 Å². The van der Waals surface area contributed by atoms with Crippen LogP contribution >= 0.6 is 0 Å². The Bertz CT molecular complexity index is 146. The van der Waals surface area contributed by atoms with E-state index in [4.69, 9.17) is 5.73 Å². The van der Waals surface area contributed by atoms with Gasteiger partial charge in [-0.1, -0.05) is 0 Å². The minimum absolute atomic E-state index is 0.249. The number of hydrogen-bond acceptors (Lipinski definition) is 3. The first-order valence-electron chi connectivity index (χ1n) is 2.14. The van der Waals surface area contributed by atoms with E-state index < -0.39 is 17.0 Å². The van der Waals surface area contributed by atoms with Gasteiger partial charge in [-0.3, -0.25) is 9.52 Å². The lowest BCUT2D eigenvalue weighted by molar-refractivity contribution is -0.119. The highest BCUT2D eigenvalue weighted by Crippen LogP contribution is 1.92. The molecule has 1 aliphatic rings. The maximum atomic E-state index is 10.4. The molecule has 1 unspecified atom stereocenters. The summed E-state index contributed by atoms with van der Waals surface area (Å²) in [4.78, 5) is 10.4. The molecule has 4 nitrogen and oxygen atoms in total. The van der Waals surface area contributed by atoms with Crippen LogP contribution < -0.4 is 10.5 Å². The summed E-state index contributed by atoms with van der Waals surface area (Å²) in [6, 6.07) is -0.559. The Hall–Kier alpha value is -0.420. The second-order valence-corrected chi connectivity index (χ2v) is 2.81. The van der Waals surface area contributed by atoms with Crippen LogP contribution in [0.5, 0.6) is 0 Å². The van der Waals surface area contributed by atoms with Gasteiger partial charge in [0.2, 0.25) is 5.91 Å². The van der Waals surface area contributed by atoms with Crippen LogP contribution in [0.2, 0.25) is 0 Å². The molecule has 0 bridgehead atoms. The maximum absolute atomic E-state index is 10.4. The molecule has 1 heterocycles. The van der Waals surface area contributed by atoms with Crippen molar-refractivity contribution in [1.29, 1.82) is 0 Å². The predicted molar refractivity (Wildman–Crippen MR) is 29.1 cm³/mol. The molecule has 0 aromatic rings. The summed E-state index contributed by atoms with van der Waals surface area (Å²) < 4.78 is 12.5. The molecule has 46 valence electrons. The second-order valence-electron chi connectivity index (χ2n) is 1.58. The molecule has 1 rings (SSSR count). The fourth-order valence-electron chi connectivity index (χ4n) is 0.468. The van der Waals surface area contributed by atoms with E-state index in [1.807, 2.05) is 0 Å². The van der Waals surface area contributed by atoms with Gasteiger partial charge in [0, 0.05) is 0 Å². The van der Waals surface area contributed by atoms with Gasteiger partial charge in [-0.2, -0.15) is 0 Å². The Morgan fingerprint density at radius 2 is 2.50 bits per heavy atom. The normalized spacial score (nSPS) is 37.4. The molecule has 0 aromatic heterocycles. The molecule has 1 fully saturated rings. The third kappa shape index (κ3) is 0.873. The first kappa shape index (κ1) is 5.71. The Morgan fingerprint density at radius 1 is 1.88 bits per heavy atom. The molecular formula is C3H6N2O2S. The molecule has 1 aliphatic heterocycles. The van der Waals surface area contributed by atoms with Gasteiger partial charge in [-0.15, -0.1) is 0 Å². The Kier molecular flexibility index (Phi) is 1.31. The van der Waals surface area contributed by atoms with E-state index in [1.165, 1.54) is 0 Å². The zero-order valence-corrected chi connectivity index (χ0v) is 4.90. The number of nitrogens with one attached hydrogen (secondary N) is 1. The van der Waals surface area contributed by atoms with Crippen molar-refractivity contribution < 1.29 is 9.00 Å². The van der Waals surface area contributed by atoms with Gasteiger partial charge in [0.05, 0.1) is 11.8 Å². The first-order chi connectivity index (χ1) is 3.70. The number of amides is 1. The lowest BCUT2D eigenvalue weighted by atomic mass is 10.4. The average molecular weight is 134 g/mol. The van der Waals surface area contributed by atoms with Gasteiger partial charge in [0.25, 0.3) is 0 Å². The SMILES string of the molecule is N[C@@H]1CS(=O)NC1=O. The van der Waals surface area contributed by atoms with Crippen LogP contribution in [0, 0.1) is 0 Å². The van der Waals surface area contributed by atoms with Crippen molar-refractivity contribution in [3.8, 4) is 0 Å². The van der Waals surface area contributed by atoms with Gasteiger partial charge in [0.15, 0.2) is 0 Å². The minimum Gasteiger partial charge on any atom is -0.319 e. The van der Waals surface area contributed by atoms with Crippen LogP contribution in [-0.4, -0.2) is 21.9 Å². The largest absolute Gasteiger partial charge is 0.319 e. The van der Waals surface area contributed by atoms with Gasteiger partial charge >= 0.3 is 0 Å². The van der Waals surface area contributed by atoms with Crippen LogP contribution in [0.15, 0.2) is 0 Å². The Balaban J connectivity index is 2.64. The van der Waals surface area contributed by atoms with E-state index in [0.717, 1.165) is 0 Å². The summed E-state index contributed by atoms with van der Waals surface area (Å²) >= 11 is 0. The molecule has 1 amide bonds. The third-order valence-electron chi connectivity index (χ3n) is 0.882. The molecule has 0 aliphatic carbocycles. The fraction of sp³-hybridized carbons (Fsp3) is 0.667. The number of carbonyl (C=O) groups is 1. The molecule has 0 radical (unpaired) electrons. The number of rotatable bonds is 0. The standard InChI is InChI=1S/C3H6N2O2S/c4-2-1-8(7)5-3(2)6/h2H,1,4H2,(H,5,6)/t2-,8?/m1/s1. The van der Waals surface area contributed by atoms with Crippen LogP contribution in [-0.2, 0) is 15.8 Å². The predicted octanol–water partition coefficient (Wildman–Crippen LogP) is -1.89. The maximum Gasteiger partial charge on any atom is 0.249 e. The molecule has 8 heavy (non-hydrogen) atoms. The molecule has 0 spiro atoms. The van der Waals surface area contributed by atoms with Gasteiger partial charge in [-0.05, 0) is 0 Å². The lowest BCUT2D eigenvalue weighted by Crippen LogP contribution is -2.31. The highest BCUT2D eigenvalue weighted by Gasteiger charge is 2.25. The number of nitrogens with two attached hydrogens (primary N) is 1. The zero-order valence-electron chi connectivity index (χ0n) is 4.09. The smallest absolute Gasteiger partial charge is 0.249 e. The highest BCUT2D eigenvalue weighted by molar-refractivity contribution is 7.84. The Labute approximate surface area is 49.0 Å². The van der Waals surface area contributed by atoms with E-state index in [1.54, 1.807) is 0 Å². The highest BCUT2D eigenvalue weighted by atomic mass is 32.2. The summed E-state index contributed by atoms with van der Waals surface area (Å²) in [7, 11) is -1.21. The minimum atomic E-state index is -1.21. The van der Waals surface area contributed by atoms with E-state index in [0.29, 0.717) is 0 Å². The molecule has 0 aromatic carbocycles. The molecule has 3 N–H and O–H groups in total. The summed E-state index contributed by atoms with van der Waals surface area (Å²) in [5.74, 6) is -0.0675. The van der Waals surface area contributed by atoms with Gasteiger partial charge < -0.3 is 5.73 Å². The van der Waals surface area contributed by atoms with E-state index in [9.17, 15) is 9.00 Å². The Morgan fingerprint density at radius 3 is 2.62 bits per heavy atom. The van der Waals surface area contributed by atoms with Crippen molar-refractivity contribution in [1.82, 2.24) is 4.72 Å². The van der Waals surface area contributed by atoms with E-state index >= 15 is 0 Å². The molecule has 5 heteroatoms. The van der Waals surface area contributed by atoms with Crippen LogP contribution in [0.1, 0.15) is 0 Å². The molecule has 2 atom stereocenters. The fourth-order valence-corrected chi connectivity index (χ4v) is 1.40. The van der Waals surface area contributed by atoms with Gasteiger partial charge in [0.1, 0.15) is 11.0 Å². The van der Waals surface area contributed by atoms with E-state index in [2.05, 4.69) is 4.72 Å². The molecule has 0 saturated carbocycles. The van der Waals surface area contributed by atoms with Crippen molar-refractivity contribution in [2.75, 3.05) is 5.75 Å². The van der Waals surface area contributed by atoms with Gasteiger partial charge in [-0.25, -0.2) is 4.21 Å². The third-order valence-corrected chi connectivity index (χ3v) is 1.97. The summed E-state index contributed by atoms with van der Waals surface area (Å²) in [5, 5.41) is 0. The lowest BCUT2D eigenvalue weighted by Gasteiger charge is -1.88. The number of carbonyl (C=O) groups excluding carboxylic acids is 1. The van der Waals surface area contributed by atoms with Crippen LogP contribution in [0.25, 0.3) is 0 Å². The van der Waals surface area contributed by atoms with Crippen molar-refractivity contribution in [2.24, 2.45) is 5.73 Å². The second kappa shape index (κ2) is 1.83. The van der Waals surface area contributed by atoms with Crippen molar-refractivity contribution in [2.45, 2.75) is 6.04 Å².